The third-order valence-electron chi connectivity index (χ3n) is 6.31. The number of aromatic nitrogens is 1. The van der Waals surface area contributed by atoms with E-state index in [9.17, 15) is 19.5 Å². The fraction of sp³-hybridized carbons (Fsp3) is 0.321. The predicted octanol–water partition coefficient (Wildman–Crippen LogP) is 2.88. The first kappa shape index (κ1) is 27.4. The Bertz CT molecular complexity index is 1400. The number of pyridine rings is 1. The van der Waals surface area contributed by atoms with E-state index in [2.05, 4.69) is 10.3 Å². The summed E-state index contributed by atoms with van der Waals surface area (Å²) in [4.78, 5) is 41.0. The molecule has 3 aromatic rings. The highest BCUT2D eigenvalue weighted by molar-refractivity contribution is 5.92. The molecule has 206 valence electrons. The third-order valence-corrected chi connectivity index (χ3v) is 6.31. The van der Waals surface area contributed by atoms with Crippen LogP contribution in [0.1, 0.15) is 46.3 Å². The standard InChI is InChI=1S/C28H30N2O9/c1-4-37-28(34)20-14-30-27(33)24(25(20)32)19(17-11-21(36-3)26-22(12-17)38-15-39-26)13-23(31)29-10-9-16-5-7-18(35-2)8-6-16/h5-8,11-12,14,19H,4,9-10,13,15H2,1-3H3,(H,29,31)(H2,30,32,33). The number of fused-ring (bicyclic) bond motifs is 1. The summed E-state index contributed by atoms with van der Waals surface area (Å²) in [6.45, 7) is 2.02. The molecule has 0 aliphatic carbocycles. The highest BCUT2D eigenvalue weighted by atomic mass is 16.7. The van der Waals surface area contributed by atoms with Crippen molar-refractivity contribution in [3.63, 3.8) is 0 Å². The molecule has 39 heavy (non-hydrogen) atoms. The van der Waals surface area contributed by atoms with E-state index < -0.39 is 23.2 Å². The number of rotatable bonds is 11. The quantitative estimate of drug-likeness (QED) is 0.314. The summed E-state index contributed by atoms with van der Waals surface area (Å²) in [6, 6.07) is 10.7. The molecule has 1 aromatic heterocycles. The first-order chi connectivity index (χ1) is 18.9. The molecule has 1 aliphatic heterocycles. The summed E-state index contributed by atoms with van der Waals surface area (Å²) >= 11 is 0. The lowest BCUT2D eigenvalue weighted by Gasteiger charge is -2.20. The maximum Gasteiger partial charge on any atom is 0.343 e. The molecule has 3 N–H and O–H groups in total. The van der Waals surface area contributed by atoms with Crippen molar-refractivity contribution in [1.29, 1.82) is 0 Å². The number of carbonyl (C=O) groups excluding carboxylic acids is 2. The van der Waals surface area contributed by atoms with Crippen molar-refractivity contribution in [2.45, 2.75) is 25.7 Å². The van der Waals surface area contributed by atoms with Crippen LogP contribution in [-0.4, -0.2) is 56.1 Å². The summed E-state index contributed by atoms with van der Waals surface area (Å²) in [5, 5.41) is 13.9. The Morgan fingerprint density at radius 1 is 1.13 bits per heavy atom. The number of hydrogen-bond acceptors (Lipinski definition) is 9. The molecule has 0 saturated carbocycles. The van der Waals surface area contributed by atoms with Gasteiger partial charge in [0.15, 0.2) is 11.5 Å². The van der Waals surface area contributed by atoms with Gasteiger partial charge < -0.3 is 39.1 Å². The van der Waals surface area contributed by atoms with Crippen LogP contribution in [0.15, 0.2) is 47.4 Å². The topological polar surface area (TPSA) is 145 Å². The van der Waals surface area contributed by atoms with E-state index in [0.717, 1.165) is 17.5 Å². The van der Waals surface area contributed by atoms with Crippen LogP contribution in [0.25, 0.3) is 0 Å². The zero-order valence-electron chi connectivity index (χ0n) is 21.9. The van der Waals surface area contributed by atoms with Crippen LogP contribution in [0.5, 0.6) is 28.7 Å². The minimum absolute atomic E-state index is 0.0180. The van der Waals surface area contributed by atoms with Gasteiger partial charge in [-0.2, -0.15) is 0 Å². The molecule has 11 heteroatoms. The van der Waals surface area contributed by atoms with Gasteiger partial charge in [0.2, 0.25) is 18.4 Å². The number of ether oxygens (including phenoxy) is 5. The number of benzene rings is 2. The summed E-state index contributed by atoms with van der Waals surface area (Å²) in [6.07, 6.45) is 1.45. The molecule has 11 nitrogen and oxygen atoms in total. The van der Waals surface area contributed by atoms with E-state index in [1.807, 2.05) is 24.3 Å². The number of methoxy groups -OCH3 is 2. The monoisotopic (exact) mass is 538 g/mol. The molecular formula is C28H30N2O9. The van der Waals surface area contributed by atoms with Crippen molar-refractivity contribution in [2.75, 3.05) is 34.2 Å². The molecule has 1 aliphatic rings. The highest BCUT2D eigenvalue weighted by Gasteiger charge is 2.31. The SMILES string of the molecule is CCOC(=O)c1c[nH]c(=O)c(C(CC(=O)NCCc2ccc(OC)cc2)c2cc(OC)c3c(c2)OCO3)c1O. The van der Waals surface area contributed by atoms with E-state index in [0.29, 0.717) is 35.8 Å². The number of hydrogen-bond donors (Lipinski definition) is 3. The van der Waals surface area contributed by atoms with Crippen molar-refractivity contribution in [3.05, 3.63) is 75.2 Å². The van der Waals surface area contributed by atoms with Gasteiger partial charge in [-0.1, -0.05) is 12.1 Å². The number of esters is 1. The molecule has 4 rings (SSSR count). The maximum atomic E-state index is 13.1. The molecule has 1 amide bonds. The minimum Gasteiger partial charge on any atom is -0.506 e. The van der Waals surface area contributed by atoms with Crippen molar-refractivity contribution in [1.82, 2.24) is 10.3 Å². The number of H-pyrrole nitrogens is 1. The van der Waals surface area contributed by atoms with Gasteiger partial charge in [0.05, 0.1) is 26.4 Å². The van der Waals surface area contributed by atoms with Crippen LogP contribution >= 0.6 is 0 Å². The maximum absolute atomic E-state index is 13.1. The zero-order valence-corrected chi connectivity index (χ0v) is 21.9. The summed E-state index contributed by atoms with van der Waals surface area (Å²) in [5.74, 6) is -0.877. The summed E-state index contributed by atoms with van der Waals surface area (Å²) in [7, 11) is 3.04. The second-order valence-corrected chi connectivity index (χ2v) is 8.68. The minimum atomic E-state index is -0.965. The van der Waals surface area contributed by atoms with Crippen LogP contribution in [0.2, 0.25) is 0 Å². The molecule has 2 heterocycles. The van der Waals surface area contributed by atoms with Gasteiger partial charge in [-0.3, -0.25) is 9.59 Å². The zero-order chi connectivity index (χ0) is 27.9. The largest absolute Gasteiger partial charge is 0.506 e. The lowest BCUT2D eigenvalue weighted by molar-refractivity contribution is -0.121. The van der Waals surface area contributed by atoms with Gasteiger partial charge in [-0.05, 0) is 48.7 Å². The number of aromatic hydroxyl groups is 1. The Balaban J connectivity index is 1.65. The highest BCUT2D eigenvalue weighted by Crippen LogP contribution is 2.45. The van der Waals surface area contributed by atoms with Crippen molar-refractivity contribution in [2.24, 2.45) is 0 Å². The third kappa shape index (κ3) is 6.08. The van der Waals surface area contributed by atoms with Crippen LogP contribution in [-0.2, 0) is 16.0 Å². The van der Waals surface area contributed by atoms with Gasteiger partial charge in [0.25, 0.3) is 5.56 Å². The Morgan fingerprint density at radius 3 is 2.59 bits per heavy atom. The molecule has 0 fully saturated rings. The fourth-order valence-electron chi connectivity index (χ4n) is 4.36. The van der Waals surface area contributed by atoms with Crippen LogP contribution < -0.4 is 29.8 Å². The Hall–Kier alpha value is -4.67. The average molecular weight is 539 g/mol. The molecule has 0 radical (unpaired) electrons. The van der Waals surface area contributed by atoms with Gasteiger partial charge >= 0.3 is 5.97 Å². The first-order valence-electron chi connectivity index (χ1n) is 12.3. The van der Waals surface area contributed by atoms with E-state index in [4.69, 9.17) is 23.7 Å². The van der Waals surface area contributed by atoms with Crippen molar-refractivity contribution < 1.29 is 38.4 Å². The predicted molar refractivity (Wildman–Crippen MR) is 140 cm³/mol. The Kier molecular flexibility index (Phi) is 8.60. The van der Waals surface area contributed by atoms with Crippen LogP contribution in [0.4, 0.5) is 0 Å². The van der Waals surface area contributed by atoms with E-state index in [1.54, 1.807) is 26.2 Å². The van der Waals surface area contributed by atoms with E-state index in [-0.39, 0.29) is 36.9 Å². The molecule has 2 aromatic carbocycles. The Morgan fingerprint density at radius 2 is 1.90 bits per heavy atom. The molecule has 1 atom stereocenters. The molecule has 0 saturated heterocycles. The van der Waals surface area contributed by atoms with Gasteiger partial charge in [0.1, 0.15) is 17.1 Å². The molecule has 0 bridgehead atoms. The Labute approximate surface area is 224 Å². The second kappa shape index (κ2) is 12.2. The average Bonchev–Trinajstić information content (AvgIpc) is 3.41. The van der Waals surface area contributed by atoms with Crippen molar-refractivity contribution in [3.8, 4) is 28.7 Å². The lowest BCUT2D eigenvalue weighted by atomic mass is 9.87. The summed E-state index contributed by atoms with van der Waals surface area (Å²) < 4.78 is 26.6. The van der Waals surface area contributed by atoms with E-state index >= 15 is 0 Å². The number of amides is 1. The van der Waals surface area contributed by atoms with Crippen molar-refractivity contribution >= 4 is 11.9 Å². The smallest absolute Gasteiger partial charge is 0.343 e. The first-order valence-corrected chi connectivity index (χ1v) is 12.3. The molecular weight excluding hydrogens is 508 g/mol. The number of nitrogens with one attached hydrogen (secondary N) is 2. The number of carbonyl (C=O) groups is 2. The molecule has 1 unspecified atom stereocenters. The van der Waals surface area contributed by atoms with Gasteiger partial charge in [-0.25, -0.2) is 4.79 Å². The lowest BCUT2D eigenvalue weighted by Crippen LogP contribution is -2.29. The van der Waals surface area contributed by atoms with Gasteiger partial charge in [0, 0.05) is 25.1 Å². The van der Waals surface area contributed by atoms with E-state index in [1.165, 1.54) is 7.11 Å². The number of aromatic amines is 1. The normalized spacial score (nSPS) is 12.5. The molecule has 0 spiro atoms. The second-order valence-electron chi connectivity index (χ2n) is 8.68. The summed E-state index contributed by atoms with van der Waals surface area (Å²) in [5.41, 5.74) is 0.414. The fourth-order valence-corrected chi connectivity index (χ4v) is 4.36. The van der Waals surface area contributed by atoms with Gasteiger partial charge in [-0.15, -0.1) is 0 Å². The van der Waals surface area contributed by atoms with Crippen LogP contribution in [0, 0.1) is 0 Å². The van der Waals surface area contributed by atoms with Crippen LogP contribution in [0.3, 0.4) is 0 Å².